The fourth-order valence-electron chi connectivity index (χ4n) is 2.47. The predicted octanol–water partition coefficient (Wildman–Crippen LogP) is 4.30. The zero-order valence-corrected chi connectivity index (χ0v) is 16.3. The summed E-state index contributed by atoms with van der Waals surface area (Å²) < 4.78 is 10.2. The summed E-state index contributed by atoms with van der Waals surface area (Å²) >= 11 is 1.70. The molecule has 0 atom stereocenters. The molecule has 0 radical (unpaired) electrons. The number of rotatable bonds is 7. The van der Waals surface area contributed by atoms with Crippen LogP contribution in [-0.2, 0) is 16.1 Å². The van der Waals surface area contributed by atoms with Gasteiger partial charge in [-0.05, 0) is 56.7 Å². The Bertz CT molecular complexity index is 922. The normalized spacial score (nSPS) is 10.8. The summed E-state index contributed by atoms with van der Waals surface area (Å²) in [5.41, 5.74) is 3.24. The first-order valence-corrected chi connectivity index (χ1v) is 9.33. The van der Waals surface area contributed by atoms with Crippen LogP contribution in [0.1, 0.15) is 22.8 Å². The molecule has 1 heterocycles. The third kappa shape index (κ3) is 5.67. The second-order valence-corrected chi connectivity index (χ2v) is 7.29. The van der Waals surface area contributed by atoms with E-state index in [1.807, 2.05) is 24.3 Å². The molecular weight excluding hydrogens is 362 g/mol. The van der Waals surface area contributed by atoms with Gasteiger partial charge in [0.1, 0.15) is 13.2 Å². The molecular formula is C20H21N3O3S. The topological polar surface area (TPSA) is 77.2 Å². The van der Waals surface area contributed by atoms with E-state index in [0.29, 0.717) is 11.7 Å². The van der Waals surface area contributed by atoms with Crippen LogP contribution >= 0.6 is 11.8 Å². The van der Waals surface area contributed by atoms with Crippen molar-refractivity contribution in [1.29, 1.82) is 0 Å². The summed E-state index contributed by atoms with van der Waals surface area (Å²) in [6, 6.07) is 14.2. The second kappa shape index (κ2) is 8.83. The number of amides is 1. The van der Waals surface area contributed by atoms with E-state index < -0.39 is 0 Å². The molecule has 3 aromatic rings. The summed E-state index contributed by atoms with van der Waals surface area (Å²) in [6.45, 7) is 5.95. The molecule has 1 aromatic heterocycles. The number of anilines is 1. The van der Waals surface area contributed by atoms with Crippen molar-refractivity contribution in [2.24, 2.45) is 0 Å². The van der Waals surface area contributed by atoms with E-state index in [-0.39, 0.29) is 19.1 Å². The summed E-state index contributed by atoms with van der Waals surface area (Å²) in [7, 11) is 0. The van der Waals surface area contributed by atoms with E-state index >= 15 is 0 Å². The van der Waals surface area contributed by atoms with Gasteiger partial charge >= 0.3 is 0 Å². The van der Waals surface area contributed by atoms with Gasteiger partial charge in [0.05, 0.1) is 0 Å². The van der Waals surface area contributed by atoms with Crippen LogP contribution in [0.15, 0.2) is 56.8 Å². The van der Waals surface area contributed by atoms with Crippen LogP contribution in [-0.4, -0.2) is 22.7 Å². The smallest absolute Gasteiger partial charge is 0.252 e. The molecule has 2 aromatic carbocycles. The first-order chi connectivity index (χ1) is 13.0. The van der Waals surface area contributed by atoms with Crippen LogP contribution in [0.25, 0.3) is 0 Å². The molecule has 0 bridgehead atoms. The van der Waals surface area contributed by atoms with Crippen molar-refractivity contribution in [2.45, 2.75) is 37.2 Å². The lowest BCUT2D eigenvalue weighted by Gasteiger charge is -2.08. The number of nitrogens with one attached hydrogen (secondary N) is 1. The molecule has 6 nitrogen and oxygen atoms in total. The molecule has 0 spiro atoms. The van der Waals surface area contributed by atoms with Gasteiger partial charge in [0.15, 0.2) is 5.82 Å². The van der Waals surface area contributed by atoms with Crippen LogP contribution in [0.4, 0.5) is 5.69 Å². The molecule has 3 rings (SSSR count). The van der Waals surface area contributed by atoms with E-state index in [2.05, 4.69) is 47.5 Å². The van der Waals surface area contributed by atoms with Gasteiger partial charge in [-0.25, -0.2) is 0 Å². The Kier molecular flexibility index (Phi) is 6.26. The Morgan fingerprint density at radius 1 is 1.15 bits per heavy atom. The van der Waals surface area contributed by atoms with Gasteiger partial charge in [-0.2, -0.15) is 4.98 Å². The van der Waals surface area contributed by atoms with E-state index in [1.165, 1.54) is 16.0 Å². The van der Waals surface area contributed by atoms with Crippen molar-refractivity contribution in [2.75, 3.05) is 11.9 Å². The van der Waals surface area contributed by atoms with E-state index in [4.69, 9.17) is 9.26 Å². The Morgan fingerprint density at radius 3 is 2.59 bits per heavy atom. The fraction of sp³-hybridized carbons (Fsp3) is 0.250. The van der Waals surface area contributed by atoms with Gasteiger partial charge in [-0.3, -0.25) is 4.79 Å². The zero-order valence-electron chi connectivity index (χ0n) is 15.5. The van der Waals surface area contributed by atoms with Gasteiger partial charge in [-0.1, -0.05) is 34.6 Å². The van der Waals surface area contributed by atoms with Crippen molar-refractivity contribution in [1.82, 2.24) is 10.1 Å². The van der Waals surface area contributed by atoms with Gasteiger partial charge in [-0.15, -0.1) is 0 Å². The molecule has 1 amide bonds. The van der Waals surface area contributed by atoms with E-state index in [1.54, 1.807) is 18.7 Å². The molecule has 0 aliphatic rings. The highest BCUT2D eigenvalue weighted by molar-refractivity contribution is 7.99. The van der Waals surface area contributed by atoms with E-state index in [0.717, 1.165) is 10.6 Å². The molecule has 27 heavy (non-hydrogen) atoms. The third-order valence-corrected chi connectivity index (χ3v) is 4.91. The number of aryl methyl sites for hydroxylation is 3. The maximum Gasteiger partial charge on any atom is 0.252 e. The highest BCUT2D eigenvalue weighted by Gasteiger charge is 2.07. The molecule has 140 valence electrons. The average molecular weight is 383 g/mol. The summed E-state index contributed by atoms with van der Waals surface area (Å²) in [4.78, 5) is 18.3. The maximum absolute atomic E-state index is 12.0. The van der Waals surface area contributed by atoms with Gasteiger partial charge in [0, 0.05) is 15.5 Å². The molecule has 0 unspecified atom stereocenters. The zero-order chi connectivity index (χ0) is 19.2. The lowest BCUT2D eigenvalue weighted by atomic mass is 10.2. The first-order valence-electron chi connectivity index (χ1n) is 8.51. The number of nitrogens with zero attached hydrogens (tertiary/aromatic N) is 2. The second-order valence-electron chi connectivity index (χ2n) is 6.17. The SMILES string of the molecule is Cc1ccc(Sc2ccc(NC(=O)COCc3nc(C)no3)cc2)c(C)c1. The molecule has 1 N–H and O–H groups in total. The van der Waals surface area contributed by atoms with Gasteiger partial charge < -0.3 is 14.6 Å². The van der Waals surface area contributed by atoms with Crippen LogP contribution < -0.4 is 5.32 Å². The Hall–Kier alpha value is -2.64. The number of benzene rings is 2. The highest BCUT2D eigenvalue weighted by atomic mass is 32.2. The Labute approximate surface area is 162 Å². The van der Waals surface area contributed by atoms with Crippen LogP contribution in [0.2, 0.25) is 0 Å². The first kappa shape index (κ1) is 19.1. The van der Waals surface area contributed by atoms with Crippen LogP contribution in [0.3, 0.4) is 0 Å². The predicted molar refractivity (Wildman–Crippen MR) is 104 cm³/mol. The summed E-state index contributed by atoms with van der Waals surface area (Å²) in [6.07, 6.45) is 0. The lowest BCUT2D eigenvalue weighted by molar-refractivity contribution is -0.121. The van der Waals surface area contributed by atoms with Crippen molar-refractivity contribution in [3.05, 3.63) is 65.3 Å². The Morgan fingerprint density at radius 2 is 1.93 bits per heavy atom. The molecule has 0 saturated heterocycles. The minimum absolute atomic E-state index is 0.0828. The molecule has 0 aliphatic carbocycles. The third-order valence-electron chi connectivity index (χ3n) is 3.72. The van der Waals surface area contributed by atoms with Crippen LogP contribution in [0.5, 0.6) is 0 Å². The molecule has 0 aliphatic heterocycles. The average Bonchev–Trinajstić information content (AvgIpc) is 3.04. The molecule has 0 fully saturated rings. The van der Waals surface area contributed by atoms with Crippen molar-refractivity contribution in [3.8, 4) is 0 Å². The minimum Gasteiger partial charge on any atom is -0.362 e. The van der Waals surface area contributed by atoms with Crippen molar-refractivity contribution in [3.63, 3.8) is 0 Å². The van der Waals surface area contributed by atoms with Crippen molar-refractivity contribution >= 4 is 23.4 Å². The van der Waals surface area contributed by atoms with Crippen LogP contribution in [0, 0.1) is 20.8 Å². The molecule has 7 heteroatoms. The maximum atomic E-state index is 12.0. The number of hydrogen-bond acceptors (Lipinski definition) is 6. The quantitative estimate of drug-likeness (QED) is 0.655. The summed E-state index contributed by atoms with van der Waals surface area (Å²) in [5, 5.41) is 6.46. The fourth-order valence-corrected chi connectivity index (χ4v) is 3.36. The minimum atomic E-state index is -0.235. The molecule has 0 saturated carbocycles. The number of carbonyl (C=O) groups excluding carboxylic acids is 1. The highest BCUT2D eigenvalue weighted by Crippen LogP contribution is 2.31. The Balaban J connectivity index is 1.48. The van der Waals surface area contributed by atoms with Crippen molar-refractivity contribution < 1.29 is 14.1 Å². The monoisotopic (exact) mass is 383 g/mol. The number of hydrogen-bond donors (Lipinski definition) is 1. The number of carbonyl (C=O) groups is 1. The van der Waals surface area contributed by atoms with E-state index in [9.17, 15) is 4.79 Å². The number of aromatic nitrogens is 2. The number of ether oxygens (including phenoxy) is 1. The largest absolute Gasteiger partial charge is 0.362 e. The van der Waals surface area contributed by atoms with Gasteiger partial charge in [0.25, 0.3) is 5.89 Å². The standard InChI is InChI=1S/C20H21N3O3S/c1-13-4-9-18(14(2)10-13)27-17-7-5-16(6-8-17)22-19(24)11-25-12-20-21-15(3)23-26-20/h4-10H,11-12H2,1-3H3,(H,22,24). The lowest BCUT2D eigenvalue weighted by Crippen LogP contribution is -2.18. The van der Waals surface area contributed by atoms with Gasteiger partial charge in [0.2, 0.25) is 5.91 Å². The summed E-state index contributed by atoms with van der Waals surface area (Å²) in [5.74, 6) is 0.658.